The number of aromatic nitrogens is 1. The van der Waals surface area contributed by atoms with E-state index in [2.05, 4.69) is 10.3 Å². The quantitative estimate of drug-likeness (QED) is 0.554. The zero-order chi connectivity index (χ0) is 25.0. The standard InChI is InChI=1S/C25H22F3N3O4/c26-25(27,28)19-7-3-16(4-8-19)13-31-21(14-35-15-22(31)32)23(33)17-5-9-20(10-6-17)30-24(34)18-2-1-11-29-12-18/h1-12,21,23,33H,13-15H2,(H,30,34)/t21-,23-/m1/s1. The van der Waals surface area contributed by atoms with Crippen molar-refractivity contribution in [3.05, 3.63) is 95.3 Å². The van der Waals surface area contributed by atoms with Gasteiger partial charge in [0.25, 0.3) is 5.91 Å². The highest BCUT2D eigenvalue weighted by atomic mass is 19.4. The summed E-state index contributed by atoms with van der Waals surface area (Å²) in [5, 5.41) is 13.7. The molecular formula is C25H22F3N3O4. The first kappa shape index (κ1) is 24.4. The van der Waals surface area contributed by atoms with Gasteiger partial charge in [0.05, 0.1) is 23.8 Å². The molecule has 1 saturated heterocycles. The summed E-state index contributed by atoms with van der Waals surface area (Å²) in [5.41, 5.74) is 1.12. The average molecular weight is 485 g/mol. The van der Waals surface area contributed by atoms with Gasteiger partial charge in [0, 0.05) is 24.6 Å². The molecule has 3 aromatic rings. The minimum absolute atomic E-state index is 0.0291. The van der Waals surface area contributed by atoms with Crippen molar-refractivity contribution in [2.24, 2.45) is 0 Å². The lowest BCUT2D eigenvalue weighted by Gasteiger charge is -2.38. The summed E-state index contributed by atoms with van der Waals surface area (Å²) in [6.07, 6.45) is -2.56. The number of amides is 2. The number of ether oxygens (including phenoxy) is 1. The molecule has 10 heteroatoms. The van der Waals surface area contributed by atoms with Gasteiger partial charge < -0.3 is 20.1 Å². The number of nitrogens with zero attached hydrogens (tertiary/aromatic N) is 2. The highest BCUT2D eigenvalue weighted by Gasteiger charge is 2.35. The number of aliphatic hydroxyl groups is 1. The maximum Gasteiger partial charge on any atom is 0.416 e. The van der Waals surface area contributed by atoms with Crippen LogP contribution in [-0.4, -0.2) is 46.1 Å². The summed E-state index contributed by atoms with van der Waals surface area (Å²) in [6, 6.07) is 13.6. The molecule has 4 rings (SSSR count). The van der Waals surface area contributed by atoms with Crippen molar-refractivity contribution in [2.45, 2.75) is 24.9 Å². The van der Waals surface area contributed by atoms with Crippen LogP contribution in [0.5, 0.6) is 0 Å². The van der Waals surface area contributed by atoms with Crippen LogP contribution in [0.15, 0.2) is 73.1 Å². The van der Waals surface area contributed by atoms with Gasteiger partial charge in [0.15, 0.2) is 0 Å². The number of carbonyl (C=O) groups excluding carboxylic acids is 2. The lowest BCUT2D eigenvalue weighted by Crippen LogP contribution is -2.51. The minimum Gasteiger partial charge on any atom is -0.386 e. The third-order valence-electron chi connectivity index (χ3n) is 5.67. The maximum atomic E-state index is 12.8. The number of benzene rings is 2. The number of nitrogens with one attached hydrogen (secondary N) is 1. The van der Waals surface area contributed by atoms with Crippen molar-refractivity contribution in [3.63, 3.8) is 0 Å². The van der Waals surface area contributed by atoms with E-state index in [1.165, 1.54) is 23.2 Å². The Kier molecular flexibility index (Phi) is 7.13. The second-order valence-electron chi connectivity index (χ2n) is 8.06. The Morgan fingerprint density at radius 3 is 2.49 bits per heavy atom. The molecule has 35 heavy (non-hydrogen) atoms. The molecule has 0 radical (unpaired) electrons. The van der Waals surface area contributed by atoms with E-state index in [0.29, 0.717) is 22.4 Å². The minimum atomic E-state index is -4.45. The molecule has 2 amide bonds. The first-order valence-electron chi connectivity index (χ1n) is 10.7. The molecule has 0 aliphatic carbocycles. The molecule has 0 bridgehead atoms. The van der Waals surface area contributed by atoms with E-state index in [1.54, 1.807) is 42.6 Å². The van der Waals surface area contributed by atoms with Crippen molar-refractivity contribution in [1.82, 2.24) is 9.88 Å². The van der Waals surface area contributed by atoms with Gasteiger partial charge in [-0.05, 0) is 47.5 Å². The summed E-state index contributed by atoms with van der Waals surface area (Å²) in [5.74, 6) is -0.707. The predicted molar refractivity (Wildman–Crippen MR) is 120 cm³/mol. The van der Waals surface area contributed by atoms with E-state index in [9.17, 15) is 27.9 Å². The Labute approximate surface area is 199 Å². The van der Waals surface area contributed by atoms with Gasteiger partial charge in [0.1, 0.15) is 12.7 Å². The van der Waals surface area contributed by atoms with Crippen molar-refractivity contribution in [3.8, 4) is 0 Å². The molecule has 0 spiro atoms. The monoisotopic (exact) mass is 485 g/mol. The molecular weight excluding hydrogens is 463 g/mol. The fraction of sp³-hybridized carbons (Fsp3) is 0.240. The topological polar surface area (TPSA) is 91.8 Å². The zero-order valence-corrected chi connectivity index (χ0v) is 18.4. The Bertz CT molecular complexity index is 1170. The van der Waals surface area contributed by atoms with Crippen LogP contribution in [0, 0.1) is 0 Å². The van der Waals surface area contributed by atoms with Gasteiger partial charge in [-0.25, -0.2) is 0 Å². The van der Waals surface area contributed by atoms with Gasteiger partial charge >= 0.3 is 6.18 Å². The second-order valence-corrected chi connectivity index (χ2v) is 8.06. The molecule has 7 nitrogen and oxygen atoms in total. The molecule has 2 N–H and O–H groups in total. The summed E-state index contributed by atoms with van der Waals surface area (Å²) in [6.45, 7) is -0.0858. The Hall–Kier alpha value is -3.76. The summed E-state index contributed by atoms with van der Waals surface area (Å²) < 4.78 is 43.9. The lowest BCUT2D eigenvalue weighted by atomic mass is 9.99. The number of rotatable bonds is 6. The highest BCUT2D eigenvalue weighted by Crippen LogP contribution is 2.30. The first-order chi connectivity index (χ1) is 16.7. The van der Waals surface area contributed by atoms with Crippen molar-refractivity contribution >= 4 is 17.5 Å². The van der Waals surface area contributed by atoms with Gasteiger partial charge in [-0.3, -0.25) is 14.6 Å². The fourth-order valence-corrected chi connectivity index (χ4v) is 3.77. The Balaban J connectivity index is 1.46. The van der Waals surface area contributed by atoms with Crippen LogP contribution < -0.4 is 5.32 Å². The number of hydrogen-bond acceptors (Lipinski definition) is 5. The molecule has 2 atom stereocenters. The van der Waals surface area contributed by atoms with Crippen molar-refractivity contribution in [1.29, 1.82) is 0 Å². The third kappa shape index (κ3) is 5.84. The summed E-state index contributed by atoms with van der Waals surface area (Å²) >= 11 is 0. The molecule has 2 heterocycles. The van der Waals surface area contributed by atoms with Gasteiger partial charge in [-0.1, -0.05) is 24.3 Å². The number of halogens is 3. The molecule has 1 aliphatic heterocycles. The van der Waals surface area contributed by atoms with Crippen molar-refractivity contribution < 1.29 is 32.6 Å². The largest absolute Gasteiger partial charge is 0.416 e. The zero-order valence-electron chi connectivity index (χ0n) is 18.4. The number of pyridine rings is 1. The SMILES string of the molecule is O=C(Nc1ccc([C@@H](O)[C@H]2COCC(=O)N2Cc2ccc(C(F)(F)F)cc2)cc1)c1cccnc1. The van der Waals surface area contributed by atoms with Crippen LogP contribution in [0.3, 0.4) is 0 Å². The molecule has 0 unspecified atom stereocenters. The second kappa shape index (κ2) is 10.2. The normalized spacial score (nSPS) is 17.2. The number of alkyl halides is 3. The summed E-state index contributed by atoms with van der Waals surface area (Å²) in [4.78, 5) is 30.1. The number of aliphatic hydroxyl groups excluding tert-OH is 1. The smallest absolute Gasteiger partial charge is 0.386 e. The highest BCUT2D eigenvalue weighted by molar-refractivity contribution is 6.04. The van der Waals surface area contributed by atoms with Crippen LogP contribution >= 0.6 is 0 Å². The van der Waals surface area contributed by atoms with Gasteiger partial charge in [-0.2, -0.15) is 13.2 Å². The lowest BCUT2D eigenvalue weighted by molar-refractivity contribution is -0.155. The molecule has 2 aromatic carbocycles. The van der Waals surface area contributed by atoms with Crippen LogP contribution in [-0.2, 0) is 22.3 Å². The predicted octanol–water partition coefficient (Wildman–Crippen LogP) is 3.81. The number of anilines is 1. The van der Waals surface area contributed by atoms with Gasteiger partial charge in [0.2, 0.25) is 5.91 Å². The molecule has 182 valence electrons. The number of morpholine rings is 1. The average Bonchev–Trinajstić information content (AvgIpc) is 2.85. The molecule has 1 aliphatic rings. The number of hydrogen-bond donors (Lipinski definition) is 2. The Morgan fingerprint density at radius 1 is 1.14 bits per heavy atom. The summed E-state index contributed by atoms with van der Waals surface area (Å²) in [7, 11) is 0. The van der Waals surface area contributed by atoms with Crippen LogP contribution in [0.1, 0.15) is 33.2 Å². The van der Waals surface area contributed by atoms with Crippen LogP contribution in [0.4, 0.5) is 18.9 Å². The Morgan fingerprint density at radius 2 is 1.86 bits per heavy atom. The van der Waals surface area contributed by atoms with Crippen LogP contribution in [0.2, 0.25) is 0 Å². The molecule has 1 fully saturated rings. The fourth-order valence-electron chi connectivity index (χ4n) is 3.77. The van der Waals surface area contributed by atoms with E-state index in [1.807, 2.05) is 0 Å². The van der Waals surface area contributed by atoms with E-state index < -0.39 is 23.9 Å². The molecule has 1 aromatic heterocycles. The van der Waals surface area contributed by atoms with E-state index >= 15 is 0 Å². The number of carbonyl (C=O) groups is 2. The van der Waals surface area contributed by atoms with E-state index in [-0.39, 0.29) is 31.6 Å². The third-order valence-corrected chi connectivity index (χ3v) is 5.67. The first-order valence-corrected chi connectivity index (χ1v) is 10.7. The maximum absolute atomic E-state index is 12.8. The molecule has 0 saturated carbocycles. The van der Waals surface area contributed by atoms with E-state index in [0.717, 1.165) is 12.1 Å². The van der Waals surface area contributed by atoms with E-state index in [4.69, 9.17) is 4.74 Å². The van der Waals surface area contributed by atoms with Crippen molar-refractivity contribution in [2.75, 3.05) is 18.5 Å². The van der Waals surface area contributed by atoms with Crippen LogP contribution in [0.25, 0.3) is 0 Å². The van der Waals surface area contributed by atoms with Gasteiger partial charge in [-0.15, -0.1) is 0 Å².